The number of rotatable bonds is 5. The predicted octanol–water partition coefficient (Wildman–Crippen LogP) is 3.75. The van der Waals surface area contributed by atoms with Gasteiger partial charge in [0, 0.05) is 12.5 Å². The average molecular weight is 341 g/mol. The van der Waals surface area contributed by atoms with Gasteiger partial charge in [0.15, 0.2) is 0 Å². The molecular weight excluding hydrogens is 318 g/mol. The number of piperidine rings is 1. The maximum atomic E-state index is 11.3. The fourth-order valence-corrected chi connectivity index (χ4v) is 3.27. The van der Waals surface area contributed by atoms with Gasteiger partial charge in [-0.25, -0.2) is 4.79 Å². The van der Waals surface area contributed by atoms with E-state index in [4.69, 9.17) is 9.47 Å². The van der Waals surface area contributed by atoms with Crippen LogP contribution in [0.4, 0.5) is 4.79 Å². The van der Waals surface area contributed by atoms with Gasteiger partial charge in [-0.15, -0.1) is 0 Å². The topological polar surface area (TPSA) is 59.0 Å². The summed E-state index contributed by atoms with van der Waals surface area (Å²) < 4.78 is 11.3. The number of ether oxygens (including phenoxy) is 2. The Labute approximate surface area is 147 Å². The lowest BCUT2D eigenvalue weighted by atomic mass is 9.87. The van der Waals surface area contributed by atoms with Crippen LogP contribution in [-0.2, 0) is 11.3 Å². The number of methoxy groups -OCH3 is 1. The molecular formula is C20H23NO4. The van der Waals surface area contributed by atoms with Crippen molar-refractivity contribution in [1.29, 1.82) is 0 Å². The largest absolute Gasteiger partial charge is 0.497 e. The molecule has 1 saturated heterocycles. The van der Waals surface area contributed by atoms with E-state index in [1.165, 1.54) is 10.5 Å². The van der Waals surface area contributed by atoms with E-state index >= 15 is 0 Å². The van der Waals surface area contributed by atoms with Crippen LogP contribution in [0.2, 0.25) is 0 Å². The zero-order valence-corrected chi connectivity index (χ0v) is 14.3. The smallest absolute Gasteiger partial charge is 0.407 e. The first-order valence-electron chi connectivity index (χ1n) is 8.44. The van der Waals surface area contributed by atoms with Gasteiger partial charge in [-0.2, -0.15) is 0 Å². The molecule has 2 unspecified atom stereocenters. The van der Waals surface area contributed by atoms with Crippen LogP contribution in [0.25, 0.3) is 0 Å². The molecule has 1 aliphatic heterocycles. The molecule has 3 rings (SSSR count). The van der Waals surface area contributed by atoms with E-state index in [1.54, 1.807) is 7.11 Å². The molecule has 0 saturated carbocycles. The van der Waals surface area contributed by atoms with Gasteiger partial charge in [-0.3, -0.25) is 0 Å². The van der Waals surface area contributed by atoms with Gasteiger partial charge in [0.2, 0.25) is 0 Å². The number of nitrogens with zero attached hydrogens (tertiary/aromatic N) is 1. The van der Waals surface area contributed by atoms with Gasteiger partial charge >= 0.3 is 6.09 Å². The summed E-state index contributed by atoms with van der Waals surface area (Å²) in [6, 6.07) is 17.9. The first kappa shape index (κ1) is 17.3. The molecule has 0 aliphatic carbocycles. The lowest BCUT2D eigenvalue weighted by Gasteiger charge is -2.37. The van der Waals surface area contributed by atoms with Crippen molar-refractivity contribution in [3.05, 3.63) is 65.7 Å². The Morgan fingerprint density at radius 3 is 2.52 bits per heavy atom. The van der Waals surface area contributed by atoms with Crippen LogP contribution in [-0.4, -0.2) is 42.4 Å². The van der Waals surface area contributed by atoms with E-state index in [9.17, 15) is 9.90 Å². The highest BCUT2D eigenvalue weighted by molar-refractivity contribution is 5.65. The number of carbonyl (C=O) groups is 1. The number of likely N-dealkylation sites (tertiary alicyclic amines) is 1. The normalized spacial score (nSPS) is 20.3. The van der Waals surface area contributed by atoms with E-state index in [0.29, 0.717) is 19.7 Å². The third kappa shape index (κ3) is 4.31. The van der Waals surface area contributed by atoms with Crippen molar-refractivity contribution < 1.29 is 19.4 Å². The van der Waals surface area contributed by atoms with Crippen molar-refractivity contribution >= 4 is 6.09 Å². The molecule has 1 amide bonds. The maximum Gasteiger partial charge on any atom is 0.407 e. The molecule has 132 valence electrons. The van der Waals surface area contributed by atoms with Crippen LogP contribution >= 0.6 is 0 Å². The molecule has 2 atom stereocenters. The second-order valence-electron chi connectivity index (χ2n) is 6.23. The van der Waals surface area contributed by atoms with Crippen molar-refractivity contribution in [2.75, 3.05) is 20.2 Å². The summed E-state index contributed by atoms with van der Waals surface area (Å²) >= 11 is 0. The molecule has 25 heavy (non-hydrogen) atoms. The molecule has 1 N–H and O–H groups in total. The Hall–Kier alpha value is -2.53. The number of carboxylic acid groups (broad SMARTS) is 1. The van der Waals surface area contributed by atoms with E-state index in [0.717, 1.165) is 17.7 Å². The molecule has 0 bridgehead atoms. The zero-order chi connectivity index (χ0) is 17.6. The van der Waals surface area contributed by atoms with Crippen molar-refractivity contribution in [3.8, 4) is 5.75 Å². The summed E-state index contributed by atoms with van der Waals surface area (Å²) in [5.74, 6) is 1.01. The second kappa shape index (κ2) is 8.03. The Morgan fingerprint density at radius 1 is 1.16 bits per heavy atom. The zero-order valence-electron chi connectivity index (χ0n) is 14.3. The predicted molar refractivity (Wildman–Crippen MR) is 95.0 cm³/mol. The average Bonchev–Trinajstić information content (AvgIpc) is 2.67. The molecule has 5 nitrogen and oxygen atoms in total. The highest BCUT2D eigenvalue weighted by atomic mass is 16.5. The Kier molecular flexibility index (Phi) is 5.56. The highest BCUT2D eigenvalue weighted by Crippen LogP contribution is 2.31. The van der Waals surface area contributed by atoms with Crippen LogP contribution in [0.3, 0.4) is 0 Å². The monoisotopic (exact) mass is 341 g/mol. The van der Waals surface area contributed by atoms with Crippen molar-refractivity contribution in [1.82, 2.24) is 4.90 Å². The molecule has 0 spiro atoms. The minimum absolute atomic E-state index is 0.158. The summed E-state index contributed by atoms with van der Waals surface area (Å²) in [7, 11) is 1.64. The van der Waals surface area contributed by atoms with E-state index < -0.39 is 6.09 Å². The first-order valence-corrected chi connectivity index (χ1v) is 8.44. The molecule has 2 aromatic carbocycles. The van der Waals surface area contributed by atoms with Crippen LogP contribution in [0, 0.1) is 0 Å². The van der Waals surface area contributed by atoms with Gasteiger partial charge in [0.25, 0.3) is 0 Å². The lowest BCUT2D eigenvalue weighted by molar-refractivity contribution is -0.0199. The summed E-state index contributed by atoms with van der Waals surface area (Å²) in [6.07, 6.45) is -0.275. The SMILES string of the molecule is COc1ccc(COC2CN(C(=O)O)CCC2c2ccccc2)cc1. The molecule has 0 aromatic heterocycles. The molecule has 0 radical (unpaired) electrons. The second-order valence-corrected chi connectivity index (χ2v) is 6.23. The van der Waals surface area contributed by atoms with Crippen LogP contribution in [0.5, 0.6) is 5.75 Å². The standard InChI is InChI=1S/C20H23NO4/c1-24-17-9-7-15(8-10-17)14-25-19-13-21(20(22)23)12-11-18(19)16-5-3-2-4-6-16/h2-10,18-19H,11-14H2,1H3,(H,22,23). The summed E-state index contributed by atoms with van der Waals surface area (Å²) in [4.78, 5) is 12.8. The maximum absolute atomic E-state index is 11.3. The quantitative estimate of drug-likeness (QED) is 0.900. The van der Waals surface area contributed by atoms with Crippen LogP contribution < -0.4 is 4.74 Å². The third-order valence-corrected chi connectivity index (χ3v) is 4.68. The van der Waals surface area contributed by atoms with E-state index in [2.05, 4.69) is 12.1 Å². The van der Waals surface area contributed by atoms with Gasteiger partial charge in [-0.1, -0.05) is 42.5 Å². The number of benzene rings is 2. The van der Waals surface area contributed by atoms with Gasteiger partial charge in [0.1, 0.15) is 5.75 Å². The number of hydrogen-bond donors (Lipinski definition) is 1. The molecule has 1 heterocycles. The van der Waals surface area contributed by atoms with Gasteiger partial charge in [0.05, 0.1) is 26.4 Å². The van der Waals surface area contributed by atoms with E-state index in [-0.39, 0.29) is 12.0 Å². The Morgan fingerprint density at radius 2 is 1.88 bits per heavy atom. The van der Waals surface area contributed by atoms with Crippen molar-refractivity contribution in [2.45, 2.75) is 25.0 Å². The minimum atomic E-state index is -0.885. The van der Waals surface area contributed by atoms with Crippen molar-refractivity contribution in [2.24, 2.45) is 0 Å². The molecule has 1 fully saturated rings. The van der Waals surface area contributed by atoms with Gasteiger partial charge in [-0.05, 0) is 29.7 Å². The Balaban J connectivity index is 1.71. The fourth-order valence-electron chi connectivity index (χ4n) is 3.27. The molecule has 5 heteroatoms. The first-order chi connectivity index (χ1) is 12.2. The van der Waals surface area contributed by atoms with E-state index in [1.807, 2.05) is 42.5 Å². The number of amides is 1. The highest BCUT2D eigenvalue weighted by Gasteiger charge is 2.33. The van der Waals surface area contributed by atoms with Crippen LogP contribution in [0.1, 0.15) is 23.5 Å². The molecule has 1 aliphatic rings. The summed E-state index contributed by atoms with van der Waals surface area (Å²) in [5, 5.41) is 9.31. The van der Waals surface area contributed by atoms with Gasteiger partial charge < -0.3 is 19.5 Å². The third-order valence-electron chi connectivity index (χ3n) is 4.68. The summed E-state index contributed by atoms with van der Waals surface area (Å²) in [6.45, 7) is 1.38. The van der Waals surface area contributed by atoms with Crippen LogP contribution in [0.15, 0.2) is 54.6 Å². The minimum Gasteiger partial charge on any atom is -0.497 e. The summed E-state index contributed by atoms with van der Waals surface area (Å²) in [5.41, 5.74) is 2.24. The Bertz CT molecular complexity index is 687. The number of hydrogen-bond acceptors (Lipinski definition) is 3. The lowest BCUT2D eigenvalue weighted by Crippen LogP contribution is -2.46. The van der Waals surface area contributed by atoms with Crippen molar-refractivity contribution in [3.63, 3.8) is 0 Å². The fraction of sp³-hybridized carbons (Fsp3) is 0.350. The molecule has 2 aromatic rings.